The van der Waals surface area contributed by atoms with Crippen molar-refractivity contribution in [3.8, 4) is 0 Å². The monoisotopic (exact) mass is 708 g/mol. The van der Waals surface area contributed by atoms with E-state index in [0.717, 1.165) is 47.3 Å². The van der Waals surface area contributed by atoms with Gasteiger partial charge in [0.05, 0.1) is 6.54 Å². The molecule has 0 spiro atoms. The number of H-pyrrole nitrogens is 1. The van der Waals surface area contributed by atoms with Crippen LogP contribution in [0.5, 0.6) is 0 Å². The first kappa shape index (κ1) is 36.7. The number of aromatic amines is 1. The Morgan fingerprint density at radius 2 is 1.61 bits per heavy atom. The molecule has 0 radical (unpaired) electrons. The number of aliphatic carboxylic acids is 1. The normalized spacial score (nSPS) is 12.7. The van der Waals surface area contributed by atoms with Crippen molar-refractivity contribution in [1.82, 2.24) is 24.4 Å². The number of carboxylic acids is 1. The number of halogens is 4. The van der Waals surface area contributed by atoms with Gasteiger partial charge in [0.25, 0.3) is 11.5 Å². The van der Waals surface area contributed by atoms with E-state index >= 15 is 0 Å². The van der Waals surface area contributed by atoms with E-state index in [1.807, 2.05) is 48.5 Å². The Hall–Kier alpha value is -5.57. The standard InChI is InChI=1S/C34H35FN6O3.C2HF3O2/c1-3-36-19-23-10-14-25(15-11-23)32(42)39(2)27-16-12-22(13-17-27)18-29-37-30-31(38-29)40(20-24-8-9-24)34(44)41(33(30)43)21-26-6-4-5-7-28(26)35;3-2(4,5)1(6)7/h4-7,10-17,24,36H,3,8-9,18-21H2,1-2H3,(H,37,38);(H,6,7). The lowest BCUT2D eigenvalue weighted by Gasteiger charge is -2.18. The van der Waals surface area contributed by atoms with Gasteiger partial charge in [0.15, 0.2) is 5.65 Å². The van der Waals surface area contributed by atoms with Gasteiger partial charge in [-0.05, 0) is 66.8 Å². The molecule has 6 rings (SSSR count). The van der Waals surface area contributed by atoms with E-state index < -0.39 is 29.2 Å². The third kappa shape index (κ3) is 8.97. The fraction of sp³-hybridized carbons (Fsp3) is 0.306. The molecular weight excluding hydrogens is 672 g/mol. The molecule has 1 saturated carbocycles. The molecule has 15 heteroatoms. The predicted molar refractivity (Wildman–Crippen MR) is 182 cm³/mol. The third-order valence-corrected chi connectivity index (χ3v) is 8.36. The first-order valence-electron chi connectivity index (χ1n) is 16.2. The minimum atomic E-state index is -5.08. The van der Waals surface area contributed by atoms with Crippen LogP contribution in [0.3, 0.4) is 0 Å². The van der Waals surface area contributed by atoms with Crippen LogP contribution in [0.1, 0.15) is 52.6 Å². The van der Waals surface area contributed by atoms with Crippen LogP contribution in [0.15, 0.2) is 82.4 Å². The number of benzene rings is 3. The first-order chi connectivity index (χ1) is 24.3. The zero-order valence-corrected chi connectivity index (χ0v) is 27.8. The summed E-state index contributed by atoms with van der Waals surface area (Å²) in [4.78, 5) is 58.4. The molecule has 1 aliphatic rings. The molecule has 0 atom stereocenters. The predicted octanol–water partition coefficient (Wildman–Crippen LogP) is 5.09. The maximum absolute atomic E-state index is 14.4. The zero-order valence-electron chi connectivity index (χ0n) is 27.8. The van der Waals surface area contributed by atoms with Gasteiger partial charge in [-0.2, -0.15) is 13.2 Å². The van der Waals surface area contributed by atoms with E-state index in [2.05, 4.69) is 22.2 Å². The van der Waals surface area contributed by atoms with E-state index in [4.69, 9.17) is 9.90 Å². The lowest BCUT2D eigenvalue weighted by atomic mass is 10.1. The second-order valence-electron chi connectivity index (χ2n) is 12.2. The second-order valence-corrected chi connectivity index (χ2v) is 12.2. The van der Waals surface area contributed by atoms with Crippen LogP contribution in [0.4, 0.5) is 23.2 Å². The molecule has 3 N–H and O–H groups in total. The minimum Gasteiger partial charge on any atom is -0.475 e. The van der Waals surface area contributed by atoms with Gasteiger partial charge in [0.2, 0.25) is 0 Å². The molecule has 1 fully saturated rings. The van der Waals surface area contributed by atoms with Crippen molar-refractivity contribution in [3.63, 3.8) is 0 Å². The molecular formula is C36H36F4N6O5. The summed E-state index contributed by atoms with van der Waals surface area (Å²) in [5.74, 6) is -2.43. The largest absolute Gasteiger partial charge is 0.490 e. The lowest BCUT2D eigenvalue weighted by Crippen LogP contribution is -2.40. The molecule has 2 heterocycles. The highest BCUT2D eigenvalue weighted by molar-refractivity contribution is 6.05. The average molecular weight is 709 g/mol. The quantitative estimate of drug-likeness (QED) is 0.162. The average Bonchev–Trinajstić information content (AvgIpc) is 3.84. The van der Waals surface area contributed by atoms with Gasteiger partial charge in [-0.25, -0.2) is 19.0 Å². The molecule has 3 aromatic carbocycles. The number of nitrogens with zero attached hydrogens (tertiary/aromatic N) is 4. The number of fused-ring (bicyclic) bond motifs is 1. The van der Waals surface area contributed by atoms with Gasteiger partial charge in [-0.1, -0.05) is 49.4 Å². The molecule has 5 aromatic rings. The molecule has 0 saturated heterocycles. The molecule has 0 unspecified atom stereocenters. The highest BCUT2D eigenvalue weighted by Gasteiger charge is 2.38. The lowest BCUT2D eigenvalue weighted by molar-refractivity contribution is -0.192. The number of alkyl halides is 3. The van der Waals surface area contributed by atoms with Crippen molar-refractivity contribution in [3.05, 3.63) is 128 Å². The Morgan fingerprint density at radius 1 is 0.980 bits per heavy atom. The van der Waals surface area contributed by atoms with Crippen molar-refractivity contribution < 1.29 is 32.3 Å². The van der Waals surface area contributed by atoms with Crippen LogP contribution in [-0.2, 0) is 30.8 Å². The first-order valence-corrected chi connectivity index (χ1v) is 16.2. The maximum Gasteiger partial charge on any atom is 0.490 e. The molecule has 0 bridgehead atoms. The molecule has 0 aliphatic heterocycles. The highest BCUT2D eigenvalue weighted by atomic mass is 19.4. The van der Waals surface area contributed by atoms with Crippen LogP contribution >= 0.6 is 0 Å². The van der Waals surface area contributed by atoms with Crippen molar-refractivity contribution in [2.75, 3.05) is 18.5 Å². The Morgan fingerprint density at radius 3 is 2.20 bits per heavy atom. The SMILES string of the molecule is CCNCc1ccc(C(=O)N(C)c2ccc(Cc3nc4c([nH]3)c(=O)n(Cc3ccccc3F)c(=O)n4CC3CC3)cc2)cc1.O=C(O)C(F)(F)F. The van der Waals surface area contributed by atoms with Gasteiger partial charge >= 0.3 is 17.8 Å². The molecule has 268 valence electrons. The van der Waals surface area contributed by atoms with Crippen LogP contribution in [0.2, 0.25) is 0 Å². The Balaban J connectivity index is 0.000000654. The van der Waals surface area contributed by atoms with E-state index in [0.29, 0.717) is 35.9 Å². The van der Waals surface area contributed by atoms with Gasteiger partial charge in [-0.15, -0.1) is 0 Å². The number of rotatable bonds is 11. The summed E-state index contributed by atoms with van der Waals surface area (Å²) < 4.78 is 48.8. The number of aromatic nitrogens is 4. The summed E-state index contributed by atoms with van der Waals surface area (Å²) in [7, 11) is 1.74. The maximum atomic E-state index is 14.4. The Bertz CT molecular complexity index is 2140. The minimum absolute atomic E-state index is 0.106. The third-order valence-electron chi connectivity index (χ3n) is 8.36. The van der Waals surface area contributed by atoms with E-state index in [1.165, 1.54) is 6.07 Å². The number of carbonyl (C=O) groups excluding carboxylic acids is 1. The summed E-state index contributed by atoms with van der Waals surface area (Å²) in [6.07, 6.45) is -2.66. The van der Waals surface area contributed by atoms with Crippen LogP contribution < -0.4 is 21.5 Å². The molecule has 1 amide bonds. The van der Waals surface area contributed by atoms with Crippen molar-refractivity contribution in [1.29, 1.82) is 0 Å². The number of anilines is 1. The summed E-state index contributed by atoms with van der Waals surface area (Å²) in [6.45, 7) is 4.00. The number of hydrogen-bond donors (Lipinski definition) is 3. The summed E-state index contributed by atoms with van der Waals surface area (Å²) in [5.41, 5.74) is 3.21. The number of imidazole rings is 1. The fourth-order valence-electron chi connectivity index (χ4n) is 5.33. The van der Waals surface area contributed by atoms with Crippen LogP contribution in [0.25, 0.3) is 11.2 Å². The fourth-order valence-corrected chi connectivity index (χ4v) is 5.33. The number of hydrogen-bond acceptors (Lipinski definition) is 6. The van der Waals surface area contributed by atoms with Crippen molar-refractivity contribution in [2.45, 2.75) is 52.0 Å². The number of amides is 1. The summed E-state index contributed by atoms with van der Waals surface area (Å²) in [6, 6.07) is 21.3. The Kier molecular flexibility index (Phi) is 11.2. The van der Waals surface area contributed by atoms with Crippen LogP contribution in [-0.4, -0.2) is 55.9 Å². The van der Waals surface area contributed by atoms with Gasteiger partial charge < -0.3 is 20.3 Å². The van der Waals surface area contributed by atoms with Crippen molar-refractivity contribution >= 4 is 28.7 Å². The smallest absolute Gasteiger partial charge is 0.475 e. The van der Waals surface area contributed by atoms with E-state index in [9.17, 15) is 31.9 Å². The highest BCUT2D eigenvalue weighted by Crippen LogP contribution is 2.30. The van der Waals surface area contributed by atoms with Crippen molar-refractivity contribution in [2.24, 2.45) is 5.92 Å². The molecule has 51 heavy (non-hydrogen) atoms. The topological polar surface area (TPSA) is 142 Å². The summed E-state index contributed by atoms with van der Waals surface area (Å²) >= 11 is 0. The van der Waals surface area contributed by atoms with Gasteiger partial charge in [0, 0.05) is 43.4 Å². The van der Waals surface area contributed by atoms with Gasteiger partial charge in [0.1, 0.15) is 17.2 Å². The molecule has 2 aromatic heterocycles. The number of carbonyl (C=O) groups is 2. The van der Waals surface area contributed by atoms with E-state index in [-0.39, 0.29) is 23.5 Å². The second kappa shape index (κ2) is 15.5. The summed E-state index contributed by atoms with van der Waals surface area (Å²) in [5, 5.41) is 10.4. The zero-order chi connectivity index (χ0) is 36.9. The molecule has 11 nitrogen and oxygen atoms in total. The molecule has 1 aliphatic carbocycles. The number of nitrogens with one attached hydrogen (secondary N) is 2. The van der Waals surface area contributed by atoms with Crippen LogP contribution in [0, 0.1) is 11.7 Å². The van der Waals surface area contributed by atoms with Gasteiger partial charge in [-0.3, -0.25) is 18.7 Å². The Labute approximate surface area is 289 Å². The van der Waals surface area contributed by atoms with E-state index in [1.54, 1.807) is 34.7 Å². The number of carboxylic acid groups (broad SMARTS) is 1.